The normalized spacial score (nSPS) is 17.1. The summed E-state index contributed by atoms with van der Waals surface area (Å²) in [6.07, 6.45) is 4.04. The number of hydrogen-bond acceptors (Lipinski definition) is 4. The van der Waals surface area contributed by atoms with Crippen LogP contribution in [0, 0.1) is 6.92 Å². The topological polar surface area (TPSA) is 41.1 Å². The van der Waals surface area contributed by atoms with Crippen molar-refractivity contribution in [3.63, 3.8) is 0 Å². The van der Waals surface area contributed by atoms with Crippen LogP contribution in [0.25, 0.3) is 0 Å². The zero-order valence-electron chi connectivity index (χ0n) is 10.2. The Labute approximate surface area is 107 Å². The Morgan fingerprint density at radius 1 is 1.29 bits per heavy atom. The summed E-state index contributed by atoms with van der Waals surface area (Å²) >= 11 is 5.88. The number of aromatic nitrogens is 2. The lowest BCUT2D eigenvalue weighted by Crippen LogP contribution is -2.33. The zero-order valence-corrected chi connectivity index (χ0v) is 11.0. The minimum Gasteiger partial charge on any atom is -0.369 e. The van der Waals surface area contributed by atoms with Crippen LogP contribution in [-0.4, -0.2) is 41.0 Å². The highest BCUT2D eigenvalue weighted by Crippen LogP contribution is 2.11. The van der Waals surface area contributed by atoms with Crippen molar-refractivity contribution in [2.75, 3.05) is 31.5 Å². The van der Waals surface area contributed by atoms with Crippen LogP contribution < -0.4 is 5.32 Å². The number of rotatable bonds is 4. The van der Waals surface area contributed by atoms with E-state index in [1.807, 2.05) is 6.92 Å². The minimum absolute atomic E-state index is 0.498. The number of hydrogen-bond donors (Lipinski definition) is 1. The maximum Gasteiger partial charge on any atom is 0.134 e. The zero-order chi connectivity index (χ0) is 12.1. The lowest BCUT2D eigenvalue weighted by molar-refractivity contribution is 0.237. The van der Waals surface area contributed by atoms with E-state index in [1.165, 1.54) is 32.4 Å². The Hall–Kier alpha value is -0.870. The first-order valence-corrected chi connectivity index (χ1v) is 6.59. The van der Waals surface area contributed by atoms with Crippen LogP contribution in [0.3, 0.4) is 0 Å². The number of anilines is 1. The third-order valence-electron chi connectivity index (χ3n) is 2.99. The SMILES string of the molecule is Cc1nc(Cl)cc(NCCN2CCCCC2)n1. The maximum atomic E-state index is 5.88. The van der Waals surface area contributed by atoms with Crippen LogP contribution in [0.2, 0.25) is 5.15 Å². The van der Waals surface area contributed by atoms with Gasteiger partial charge in [-0.05, 0) is 32.9 Å². The molecule has 0 amide bonds. The number of piperidine rings is 1. The maximum absolute atomic E-state index is 5.88. The first kappa shape index (κ1) is 12.6. The summed E-state index contributed by atoms with van der Waals surface area (Å²) in [6.45, 7) is 6.28. The number of nitrogens with one attached hydrogen (secondary N) is 1. The van der Waals surface area contributed by atoms with Gasteiger partial charge in [0.15, 0.2) is 0 Å². The molecular weight excluding hydrogens is 236 g/mol. The van der Waals surface area contributed by atoms with Crippen molar-refractivity contribution in [3.8, 4) is 0 Å². The van der Waals surface area contributed by atoms with Crippen molar-refractivity contribution >= 4 is 17.4 Å². The second kappa shape index (κ2) is 6.17. The minimum atomic E-state index is 0.498. The highest BCUT2D eigenvalue weighted by atomic mass is 35.5. The fourth-order valence-corrected chi connectivity index (χ4v) is 2.37. The van der Waals surface area contributed by atoms with Crippen molar-refractivity contribution in [2.45, 2.75) is 26.2 Å². The van der Waals surface area contributed by atoms with E-state index in [1.54, 1.807) is 6.07 Å². The quantitative estimate of drug-likeness (QED) is 0.838. The molecule has 2 heterocycles. The molecule has 1 N–H and O–H groups in total. The smallest absolute Gasteiger partial charge is 0.134 e. The molecule has 0 atom stereocenters. The highest BCUT2D eigenvalue weighted by molar-refractivity contribution is 6.29. The molecule has 0 radical (unpaired) electrons. The number of halogens is 1. The van der Waals surface area contributed by atoms with Gasteiger partial charge in [-0.25, -0.2) is 9.97 Å². The van der Waals surface area contributed by atoms with Crippen LogP contribution >= 0.6 is 11.6 Å². The van der Waals surface area contributed by atoms with Crippen molar-refractivity contribution < 1.29 is 0 Å². The van der Waals surface area contributed by atoms with Gasteiger partial charge in [0.1, 0.15) is 16.8 Å². The average molecular weight is 255 g/mol. The first-order chi connectivity index (χ1) is 8.24. The first-order valence-electron chi connectivity index (χ1n) is 6.21. The fourth-order valence-electron chi connectivity index (χ4n) is 2.15. The Balaban J connectivity index is 1.77. The summed E-state index contributed by atoms with van der Waals surface area (Å²) in [7, 11) is 0. The second-order valence-corrected chi connectivity index (χ2v) is 4.84. The van der Waals surface area contributed by atoms with Gasteiger partial charge in [-0.1, -0.05) is 18.0 Å². The van der Waals surface area contributed by atoms with Gasteiger partial charge in [0.05, 0.1) is 0 Å². The fraction of sp³-hybridized carbons (Fsp3) is 0.667. The molecule has 1 aliphatic rings. The Bertz CT molecular complexity index is 343. The van der Waals surface area contributed by atoms with Crippen LogP contribution in [0.4, 0.5) is 5.82 Å². The molecule has 94 valence electrons. The molecule has 5 heteroatoms. The Morgan fingerprint density at radius 2 is 2.06 bits per heavy atom. The Morgan fingerprint density at radius 3 is 2.76 bits per heavy atom. The predicted octanol–water partition coefficient (Wildman–Crippen LogP) is 2.34. The van der Waals surface area contributed by atoms with Crippen molar-refractivity contribution in [1.29, 1.82) is 0 Å². The third kappa shape index (κ3) is 4.13. The van der Waals surface area contributed by atoms with Gasteiger partial charge in [-0.2, -0.15) is 0 Å². The van der Waals surface area contributed by atoms with Crippen LogP contribution in [0.15, 0.2) is 6.07 Å². The Kier molecular flexibility index (Phi) is 4.57. The predicted molar refractivity (Wildman–Crippen MR) is 70.6 cm³/mol. The monoisotopic (exact) mass is 254 g/mol. The van der Waals surface area contributed by atoms with Crippen LogP contribution in [0.1, 0.15) is 25.1 Å². The van der Waals surface area contributed by atoms with E-state index >= 15 is 0 Å². The van der Waals surface area contributed by atoms with Gasteiger partial charge in [0.25, 0.3) is 0 Å². The standard InChI is InChI=1S/C12H19ClN4/c1-10-15-11(13)9-12(16-10)14-5-8-17-6-3-2-4-7-17/h9H,2-8H2,1H3,(H,14,15,16). The summed E-state index contributed by atoms with van der Waals surface area (Å²) in [6, 6.07) is 1.77. The highest BCUT2D eigenvalue weighted by Gasteiger charge is 2.09. The number of likely N-dealkylation sites (tertiary alicyclic amines) is 1. The molecule has 0 aliphatic carbocycles. The van der Waals surface area contributed by atoms with E-state index in [0.29, 0.717) is 11.0 Å². The van der Waals surface area contributed by atoms with E-state index in [2.05, 4.69) is 20.2 Å². The summed E-state index contributed by atoms with van der Waals surface area (Å²) in [5.74, 6) is 1.53. The molecule has 1 fully saturated rings. The van der Waals surface area contributed by atoms with E-state index < -0.39 is 0 Å². The molecule has 1 aromatic heterocycles. The summed E-state index contributed by atoms with van der Waals surface area (Å²) < 4.78 is 0. The van der Waals surface area contributed by atoms with E-state index in [4.69, 9.17) is 11.6 Å². The molecule has 0 spiro atoms. The lowest BCUT2D eigenvalue weighted by Gasteiger charge is -2.26. The number of aryl methyl sites for hydroxylation is 1. The van der Waals surface area contributed by atoms with Gasteiger partial charge < -0.3 is 10.2 Å². The van der Waals surface area contributed by atoms with Gasteiger partial charge in [0, 0.05) is 19.2 Å². The molecule has 0 aromatic carbocycles. The van der Waals surface area contributed by atoms with Gasteiger partial charge in [-0.3, -0.25) is 0 Å². The van der Waals surface area contributed by atoms with Gasteiger partial charge >= 0.3 is 0 Å². The van der Waals surface area contributed by atoms with Gasteiger partial charge in [-0.15, -0.1) is 0 Å². The molecule has 1 saturated heterocycles. The molecule has 0 saturated carbocycles. The van der Waals surface area contributed by atoms with Crippen LogP contribution in [0.5, 0.6) is 0 Å². The molecule has 4 nitrogen and oxygen atoms in total. The third-order valence-corrected chi connectivity index (χ3v) is 3.18. The van der Waals surface area contributed by atoms with E-state index in [-0.39, 0.29) is 0 Å². The van der Waals surface area contributed by atoms with Crippen molar-refractivity contribution in [2.24, 2.45) is 0 Å². The second-order valence-electron chi connectivity index (χ2n) is 4.45. The van der Waals surface area contributed by atoms with E-state index in [0.717, 1.165) is 18.9 Å². The molecule has 1 aromatic rings. The van der Waals surface area contributed by atoms with Crippen molar-refractivity contribution in [3.05, 3.63) is 17.0 Å². The number of nitrogens with zero attached hydrogens (tertiary/aromatic N) is 3. The van der Waals surface area contributed by atoms with Crippen LogP contribution in [-0.2, 0) is 0 Å². The van der Waals surface area contributed by atoms with Crippen molar-refractivity contribution in [1.82, 2.24) is 14.9 Å². The van der Waals surface area contributed by atoms with E-state index in [9.17, 15) is 0 Å². The lowest BCUT2D eigenvalue weighted by atomic mass is 10.1. The molecule has 0 unspecified atom stereocenters. The molecule has 0 bridgehead atoms. The summed E-state index contributed by atoms with van der Waals surface area (Å²) in [4.78, 5) is 10.8. The largest absolute Gasteiger partial charge is 0.369 e. The molecule has 1 aliphatic heterocycles. The molecular formula is C12H19ClN4. The molecule has 17 heavy (non-hydrogen) atoms. The average Bonchev–Trinajstić information content (AvgIpc) is 2.29. The van der Waals surface area contributed by atoms with Gasteiger partial charge in [0.2, 0.25) is 0 Å². The molecule has 2 rings (SSSR count). The summed E-state index contributed by atoms with van der Waals surface area (Å²) in [5.41, 5.74) is 0. The summed E-state index contributed by atoms with van der Waals surface area (Å²) in [5, 5.41) is 3.79.